The van der Waals surface area contributed by atoms with Crippen molar-refractivity contribution < 1.29 is 19.4 Å². The van der Waals surface area contributed by atoms with Crippen molar-refractivity contribution in [3.05, 3.63) is 89.3 Å². The van der Waals surface area contributed by atoms with Crippen molar-refractivity contribution >= 4 is 11.8 Å². The molecule has 2 aliphatic rings. The van der Waals surface area contributed by atoms with Gasteiger partial charge in [-0.25, -0.2) is 0 Å². The maximum absolute atomic E-state index is 13.4. The number of aromatic hydroxyl groups is 1. The van der Waals surface area contributed by atoms with E-state index < -0.39 is 6.04 Å². The van der Waals surface area contributed by atoms with Crippen molar-refractivity contribution in [1.29, 1.82) is 0 Å². The average molecular weight is 448 g/mol. The third-order valence-electron chi connectivity index (χ3n) is 5.77. The fourth-order valence-corrected chi connectivity index (χ4v) is 4.01. The van der Waals surface area contributed by atoms with Crippen LogP contribution in [0.25, 0.3) is 0 Å². The number of phenolic OH excluding ortho intramolecular Hbond substituents is 1. The van der Waals surface area contributed by atoms with E-state index in [1.165, 1.54) is 0 Å². The molecule has 1 aliphatic carbocycles. The van der Waals surface area contributed by atoms with Crippen LogP contribution in [0.1, 0.15) is 28.8 Å². The third kappa shape index (κ3) is 6.02. The molecule has 2 aromatic carbocycles. The SMILES string of the molecule is O=C(NC(Cc1ccc(O)cc1)C(=O)NC1=CCCC=C1N1CCOCC1)c1ccccc1. The summed E-state index contributed by atoms with van der Waals surface area (Å²) in [4.78, 5) is 28.4. The molecular weight excluding hydrogens is 418 g/mol. The first-order valence-electron chi connectivity index (χ1n) is 11.3. The molecule has 2 aromatic rings. The number of rotatable bonds is 7. The molecule has 2 amide bonds. The Kier molecular flexibility index (Phi) is 7.42. The number of allylic oxidation sites excluding steroid dienone is 2. The Balaban J connectivity index is 1.51. The molecule has 0 bridgehead atoms. The molecule has 3 N–H and O–H groups in total. The van der Waals surface area contributed by atoms with E-state index in [2.05, 4.69) is 21.6 Å². The summed E-state index contributed by atoms with van der Waals surface area (Å²) in [5.74, 6) is -0.434. The first-order chi connectivity index (χ1) is 16.1. The number of nitrogens with one attached hydrogen (secondary N) is 2. The molecule has 7 heteroatoms. The summed E-state index contributed by atoms with van der Waals surface area (Å²) in [7, 11) is 0. The molecule has 172 valence electrons. The minimum atomic E-state index is -0.781. The summed E-state index contributed by atoms with van der Waals surface area (Å²) in [6, 6.07) is 14.7. The summed E-state index contributed by atoms with van der Waals surface area (Å²) >= 11 is 0. The van der Waals surface area contributed by atoms with E-state index >= 15 is 0 Å². The van der Waals surface area contributed by atoms with Gasteiger partial charge in [-0.3, -0.25) is 9.59 Å². The van der Waals surface area contributed by atoms with Gasteiger partial charge in [-0.05, 0) is 42.7 Å². The zero-order valence-corrected chi connectivity index (χ0v) is 18.5. The molecule has 0 saturated carbocycles. The van der Waals surface area contributed by atoms with Crippen LogP contribution in [-0.4, -0.2) is 54.2 Å². The van der Waals surface area contributed by atoms with Gasteiger partial charge in [0.25, 0.3) is 5.91 Å². The van der Waals surface area contributed by atoms with Crippen molar-refractivity contribution in [2.45, 2.75) is 25.3 Å². The number of morpholine rings is 1. The number of hydrogen-bond donors (Lipinski definition) is 3. The zero-order valence-electron chi connectivity index (χ0n) is 18.5. The summed E-state index contributed by atoms with van der Waals surface area (Å²) in [5, 5.41) is 15.5. The smallest absolute Gasteiger partial charge is 0.251 e. The second-order valence-corrected chi connectivity index (χ2v) is 8.14. The van der Waals surface area contributed by atoms with Crippen LogP contribution in [0.2, 0.25) is 0 Å². The number of carbonyl (C=O) groups excluding carboxylic acids is 2. The normalized spacial score (nSPS) is 16.9. The Morgan fingerprint density at radius 3 is 2.39 bits per heavy atom. The minimum Gasteiger partial charge on any atom is -0.508 e. The molecule has 1 saturated heterocycles. The number of nitrogens with zero attached hydrogens (tertiary/aromatic N) is 1. The van der Waals surface area contributed by atoms with Gasteiger partial charge in [-0.1, -0.05) is 42.5 Å². The van der Waals surface area contributed by atoms with Crippen LogP contribution < -0.4 is 10.6 Å². The number of amides is 2. The first kappa shape index (κ1) is 22.6. The summed E-state index contributed by atoms with van der Waals surface area (Å²) in [6.07, 6.45) is 6.27. The lowest BCUT2D eigenvalue weighted by atomic mass is 10.0. The number of hydrogen-bond acceptors (Lipinski definition) is 5. The lowest BCUT2D eigenvalue weighted by molar-refractivity contribution is -0.122. The fraction of sp³-hybridized carbons (Fsp3) is 0.308. The Hall–Kier alpha value is -3.58. The van der Waals surface area contributed by atoms with Crippen LogP contribution in [0.3, 0.4) is 0 Å². The van der Waals surface area contributed by atoms with Gasteiger partial charge in [0.05, 0.1) is 24.6 Å². The molecule has 4 rings (SSSR count). The molecule has 1 unspecified atom stereocenters. The molecule has 1 heterocycles. The van der Waals surface area contributed by atoms with Crippen LogP contribution in [0.4, 0.5) is 0 Å². The lowest BCUT2D eigenvalue weighted by Gasteiger charge is -2.34. The maximum Gasteiger partial charge on any atom is 0.251 e. The van der Waals surface area contributed by atoms with Crippen molar-refractivity contribution in [2.24, 2.45) is 0 Å². The number of carbonyl (C=O) groups is 2. The van der Waals surface area contributed by atoms with Crippen molar-refractivity contribution in [3.8, 4) is 5.75 Å². The standard InChI is InChI=1S/C26H29N3O4/c30-21-12-10-19(11-13-21)18-23(28-25(31)20-6-2-1-3-7-20)26(32)27-22-8-4-5-9-24(22)29-14-16-33-17-15-29/h1-3,6-13,23,30H,4-5,14-18H2,(H,27,32)(H,28,31). The van der Waals surface area contributed by atoms with Crippen LogP contribution in [-0.2, 0) is 16.0 Å². The van der Waals surface area contributed by atoms with Crippen molar-refractivity contribution in [3.63, 3.8) is 0 Å². The Morgan fingerprint density at radius 2 is 1.67 bits per heavy atom. The van der Waals surface area contributed by atoms with Gasteiger partial charge in [0.15, 0.2) is 0 Å². The molecule has 0 spiro atoms. The van der Waals surface area contributed by atoms with E-state index in [9.17, 15) is 14.7 Å². The Morgan fingerprint density at radius 1 is 0.970 bits per heavy atom. The van der Waals surface area contributed by atoms with E-state index in [1.807, 2.05) is 12.1 Å². The number of ether oxygens (including phenoxy) is 1. The first-order valence-corrected chi connectivity index (χ1v) is 11.3. The Bertz CT molecular complexity index is 1030. The molecule has 0 aromatic heterocycles. The van der Waals surface area contributed by atoms with Crippen LogP contribution >= 0.6 is 0 Å². The summed E-state index contributed by atoms with van der Waals surface area (Å²) in [5.41, 5.74) is 3.11. The number of benzene rings is 2. The van der Waals surface area contributed by atoms with Crippen molar-refractivity contribution in [2.75, 3.05) is 26.3 Å². The van der Waals surface area contributed by atoms with E-state index in [1.54, 1.807) is 48.5 Å². The minimum absolute atomic E-state index is 0.153. The number of phenols is 1. The van der Waals surface area contributed by atoms with Crippen LogP contribution in [0.5, 0.6) is 5.75 Å². The van der Waals surface area contributed by atoms with Gasteiger partial charge in [-0.2, -0.15) is 0 Å². The Labute approximate surface area is 193 Å². The van der Waals surface area contributed by atoms with E-state index in [0.29, 0.717) is 25.2 Å². The van der Waals surface area contributed by atoms with Gasteiger partial charge >= 0.3 is 0 Å². The predicted octanol–water partition coefficient (Wildman–Crippen LogP) is 2.74. The largest absolute Gasteiger partial charge is 0.508 e. The molecule has 7 nitrogen and oxygen atoms in total. The summed E-state index contributed by atoms with van der Waals surface area (Å²) in [6.45, 7) is 2.88. The van der Waals surface area contributed by atoms with Crippen LogP contribution in [0, 0.1) is 0 Å². The second kappa shape index (κ2) is 10.8. The molecule has 1 fully saturated rings. The fourth-order valence-electron chi connectivity index (χ4n) is 4.01. The van der Waals surface area contributed by atoms with Gasteiger partial charge < -0.3 is 25.4 Å². The van der Waals surface area contributed by atoms with Crippen LogP contribution in [0.15, 0.2) is 78.1 Å². The van der Waals surface area contributed by atoms with Gasteiger partial charge in [-0.15, -0.1) is 0 Å². The van der Waals surface area contributed by atoms with Gasteiger partial charge in [0.1, 0.15) is 11.8 Å². The van der Waals surface area contributed by atoms with Gasteiger partial charge in [0.2, 0.25) is 5.91 Å². The van der Waals surface area contributed by atoms with E-state index in [-0.39, 0.29) is 17.6 Å². The monoisotopic (exact) mass is 447 g/mol. The topological polar surface area (TPSA) is 90.9 Å². The van der Waals surface area contributed by atoms with E-state index in [4.69, 9.17) is 4.74 Å². The zero-order chi connectivity index (χ0) is 23.0. The second-order valence-electron chi connectivity index (χ2n) is 8.14. The highest BCUT2D eigenvalue weighted by Crippen LogP contribution is 2.22. The predicted molar refractivity (Wildman–Crippen MR) is 125 cm³/mol. The maximum atomic E-state index is 13.4. The molecule has 33 heavy (non-hydrogen) atoms. The molecule has 0 radical (unpaired) electrons. The van der Waals surface area contributed by atoms with E-state index in [0.717, 1.165) is 42.9 Å². The van der Waals surface area contributed by atoms with Crippen molar-refractivity contribution in [1.82, 2.24) is 15.5 Å². The highest BCUT2D eigenvalue weighted by Gasteiger charge is 2.26. The molecule has 1 aliphatic heterocycles. The highest BCUT2D eigenvalue weighted by atomic mass is 16.5. The molecule has 1 atom stereocenters. The lowest BCUT2D eigenvalue weighted by Crippen LogP contribution is -2.49. The van der Waals surface area contributed by atoms with Gasteiger partial charge in [0, 0.05) is 25.1 Å². The third-order valence-corrected chi connectivity index (χ3v) is 5.77. The average Bonchev–Trinajstić information content (AvgIpc) is 2.86. The summed E-state index contributed by atoms with van der Waals surface area (Å²) < 4.78 is 5.46. The quantitative estimate of drug-likeness (QED) is 0.607. The highest BCUT2D eigenvalue weighted by molar-refractivity contribution is 5.98. The molecular formula is C26H29N3O4.